The standard InChI is InChI=1S/C16H21NO5/c1-5-21-14(19)11-9-10-7-6-8-12(18)13(10)17(11)15(20)22-16(2,3)4/h9H,5-8H2,1-4H3. The topological polar surface area (TPSA) is 74.6 Å². The first-order valence-electron chi connectivity index (χ1n) is 7.43. The fraction of sp³-hybridized carbons (Fsp3) is 0.562. The maximum atomic E-state index is 12.4. The van der Waals surface area contributed by atoms with Crippen LogP contribution in [-0.4, -0.2) is 34.6 Å². The van der Waals surface area contributed by atoms with Crippen LogP contribution in [0.1, 0.15) is 67.1 Å². The Morgan fingerprint density at radius 2 is 1.95 bits per heavy atom. The molecule has 0 bridgehead atoms. The van der Waals surface area contributed by atoms with Gasteiger partial charge in [0.05, 0.1) is 12.3 Å². The van der Waals surface area contributed by atoms with Gasteiger partial charge in [-0.3, -0.25) is 4.79 Å². The molecule has 0 saturated heterocycles. The van der Waals surface area contributed by atoms with Gasteiger partial charge < -0.3 is 9.47 Å². The summed E-state index contributed by atoms with van der Waals surface area (Å²) in [6.45, 7) is 7.06. The minimum Gasteiger partial charge on any atom is -0.461 e. The third-order valence-corrected chi connectivity index (χ3v) is 3.25. The van der Waals surface area contributed by atoms with Gasteiger partial charge >= 0.3 is 12.1 Å². The van der Waals surface area contributed by atoms with E-state index < -0.39 is 17.7 Å². The molecule has 0 unspecified atom stereocenters. The van der Waals surface area contributed by atoms with Crippen LogP contribution in [0.3, 0.4) is 0 Å². The maximum absolute atomic E-state index is 12.4. The lowest BCUT2D eigenvalue weighted by atomic mass is 9.97. The van der Waals surface area contributed by atoms with Crippen molar-refractivity contribution in [1.82, 2.24) is 4.57 Å². The predicted octanol–water partition coefficient (Wildman–Crippen LogP) is 2.97. The molecule has 1 aromatic heterocycles. The minimum absolute atomic E-state index is 0.0522. The lowest BCUT2D eigenvalue weighted by molar-refractivity contribution is 0.0444. The number of rotatable bonds is 2. The number of nitrogens with zero attached hydrogens (tertiary/aromatic N) is 1. The van der Waals surface area contributed by atoms with Crippen LogP contribution in [0.4, 0.5) is 4.79 Å². The van der Waals surface area contributed by atoms with Crippen molar-refractivity contribution >= 4 is 17.8 Å². The van der Waals surface area contributed by atoms with Gasteiger partial charge in [0.2, 0.25) is 0 Å². The molecule has 0 N–H and O–H groups in total. The largest absolute Gasteiger partial charge is 0.461 e. The van der Waals surface area contributed by atoms with Gasteiger partial charge in [-0.15, -0.1) is 0 Å². The Kier molecular flexibility index (Phi) is 4.39. The van der Waals surface area contributed by atoms with Crippen LogP contribution in [0, 0.1) is 0 Å². The molecule has 0 radical (unpaired) electrons. The summed E-state index contributed by atoms with van der Waals surface area (Å²) in [7, 11) is 0. The monoisotopic (exact) mass is 307 g/mol. The third-order valence-electron chi connectivity index (χ3n) is 3.25. The van der Waals surface area contributed by atoms with Crippen LogP contribution in [0.5, 0.6) is 0 Å². The Morgan fingerprint density at radius 1 is 1.27 bits per heavy atom. The quantitative estimate of drug-likeness (QED) is 0.785. The lowest BCUT2D eigenvalue weighted by Gasteiger charge is -2.22. The summed E-state index contributed by atoms with van der Waals surface area (Å²) in [5, 5.41) is 0. The molecular weight excluding hydrogens is 286 g/mol. The van der Waals surface area contributed by atoms with Gasteiger partial charge in [-0.2, -0.15) is 0 Å². The average Bonchev–Trinajstić information content (AvgIpc) is 2.78. The number of aryl methyl sites for hydroxylation is 1. The normalized spacial score (nSPS) is 14.5. The number of fused-ring (bicyclic) bond motifs is 1. The highest BCUT2D eigenvalue weighted by Crippen LogP contribution is 2.27. The number of esters is 1. The highest BCUT2D eigenvalue weighted by Gasteiger charge is 2.32. The number of Topliss-reactive ketones (excluding diaryl/α,β-unsaturated/α-hetero) is 1. The van der Waals surface area contributed by atoms with Crippen molar-refractivity contribution in [3.63, 3.8) is 0 Å². The molecule has 0 spiro atoms. The average molecular weight is 307 g/mol. The highest BCUT2D eigenvalue weighted by atomic mass is 16.6. The van der Waals surface area contributed by atoms with Gasteiger partial charge in [0, 0.05) is 6.42 Å². The molecule has 0 aromatic carbocycles. The molecular formula is C16H21NO5. The van der Waals surface area contributed by atoms with E-state index >= 15 is 0 Å². The predicted molar refractivity (Wildman–Crippen MR) is 79.3 cm³/mol. The molecule has 6 nitrogen and oxygen atoms in total. The van der Waals surface area contributed by atoms with E-state index in [2.05, 4.69) is 0 Å². The summed E-state index contributed by atoms with van der Waals surface area (Å²) in [6, 6.07) is 1.56. The first-order valence-corrected chi connectivity index (χ1v) is 7.43. The molecule has 1 aliphatic rings. The van der Waals surface area contributed by atoms with Gasteiger partial charge in [-0.05, 0) is 52.2 Å². The van der Waals surface area contributed by atoms with E-state index in [-0.39, 0.29) is 23.8 Å². The van der Waals surface area contributed by atoms with E-state index in [1.807, 2.05) is 0 Å². The Morgan fingerprint density at radius 3 is 2.55 bits per heavy atom. The van der Waals surface area contributed by atoms with Crippen LogP contribution in [0.2, 0.25) is 0 Å². The molecule has 1 heterocycles. The smallest absolute Gasteiger partial charge is 0.419 e. The van der Waals surface area contributed by atoms with E-state index in [1.165, 1.54) is 0 Å². The first-order chi connectivity index (χ1) is 10.2. The SMILES string of the molecule is CCOC(=O)c1cc2c(n1C(=O)OC(C)(C)C)C(=O)CCC2. The third kappa shape index (κ3) is 3.21. The van der Waals surface area contributed by atoms with Crippen LogP contribution >= 0.6 is 0 Å². The van der Waals surface area contributed by atoms with E-state index in [0.29, 0.717) is 24.8 Å². The minimum atomic E-state index is -0.730. The summed E-state index contributed by atoms with van der Waals surface area (Å²) in [4.78, 5) is 36.7. The van der Waals surface area contributed by atoms with E-state index in [0.717, 1.165) is 4.57 Å². The number of aromatic nitrogens is 1. The molecule has 1 aliphatic carbocycles. The fourth-order valence-electron chi connectivity index (χ4n) is 2.47. The van der Waals surface area contributed by atoms with Crippen LogP contribution in [0.15, 0.2) is 6.07 Å². The van der Waals surface area contributed by atoms with Gasteiger partial charge in [-0.1, -0.05) is 0 Å². The van der Waals surface area contributed by atoms with Crippen LogP contribution in [0.25, 0.3) is 0 Å². The molecule has 120 valence electrons. The molecule has 22 heavy (non-hydrogen) atoms. The van der Waals surface area contributed by atoms with Gasteiger partial charge in [0.1, 0.15) is 11.3 Å². The number of carbonyl (C=O) groups excluding carboxylic acids is 3. The number of ketones is 1. The van der Waals surface area contributed by atoms with Crippen LogP contribution < -0.4 is 0 Å². The Hall–Kier alpha value is -2.11. The number of hydrogen-bond donors (Lipinski definition) is 0. The summed E-state index contributed by atoms with van der Waals surface area (Å²) in [5.74, 6) is -0.779. The van der Waals surface area contributed by atoms with E-state index in [9.17, 15) is 14.4 Å². The zero-order valence-corrected chi connectivity index (χ0v) is 13.4. The molecule has 0 saturated carbocycles. The molecule has 1 aromatic rings. The Balaban J connectivity index is 2.52. The number of carbonyl (C=O) groups is 3. The van der Waals surface area contributed by atoms with E-state index in [1.54, 1.807) is 33.8 Å². The molecule has 0 amide bonds. The number of hydrogen-bond acceptors (Lipinski definition) is 5. The lowest BCUT2D eigenvalue weighted by Crippen LogP contribution is -2.31. The second-order valence-electron chi connectivity index (χ2n) is 6.22. The Bertz CT molecular complexity index is 621. The van der Waals surface area contributed by atoms with Crippen molar-refractivity contribution in [1.29, 1.82) is 0 Å². The summed E-state index contributed by atoms with van der Waals surface area (Å²) in [6.07, 6.45) is 1.00. The molecule has 0 atom stereocenters. The fourth-order valence-corrected chi connectivity index (χ4v) is 2.47. The molecule has 6 heteroatoms. The highest BCUT2D eigenvalue weighted by molar-refractivity contribution is 6.03. The van der Waals surface area contributed by atoms with Crippen LogP contribution in [-0.2, 0) is 15.9 Å². The van der Waals surface area contributed by atoms with Crippen molar-refractivity contribution in [2.24, 2.45) is 0 Å². The van der Waals surface area contributed by atoms with Crippen molar-refractivity contribution < 1.29 is 23.9 Å². The zero-order valence-electron chi connectivity index (χ0n) is 13.4. The van der Waals surface area contributed by atoms with Crippen molar-refractivity contribution in [3.05, 3.63) is 23.0 Å². The second kappa shape index (κ2) is 5.94. The zero-order chi connectivity index (χ0) is 16.5. The van der Waals surface area contributed by atoms with Crippen molar-refractivity contribution in [2.75, 3.05) is 6.61 Å². The van der Waals surface area contributed by atoms with Gasteiger partial charge in [0.25, 0.3) is 0 Å². The van der Waals surface area contributed by atoms with Gasteiger partial charge in [-0.25, -0.2) is 14.2 Å². The Labute approximate surface area is 129 Å². The number of ether oxygens (including phenoxy) is 2. The van der Waals surface area contributed by atoms with Crippen molar-refractivity contribution in [2.45, 2.75) is 52.6 Å². The maximum Gasteiger partial charge on any atom is 0.419 e. The molecule has 2 rings (SSSR count). The molecule has 0 fully saturated rings. The van der Waals surface area contributed by atoms with Crippen molar-refractivity contribution in [3.8, 4) is 0 Å². The van der Waals surface area contributed by atoms with Gasteiger partial charge in [0.15, 0.2) is 5.78 Å². The second-order valence-corrected chi connectivity index (χ2v) is 6.22. The summed E-state index contributed by atoms with van der Waals surface area (Å²) >= 11 is 0. The summed E-state index contributed by atoms with van der Waals surface area (Å²) < 4.78 is 11.4. The summed E-state index contributed by atoms with van der Waals surface area (Å²) in [5.41, 5.74) is 0.280. The first kappa shape index (κ1) is 16.3. The molecule has 0 aliphatic heterocycles. The van der Waals surface area contributed by atoms with E-state index in [4.69, 9.17) is 9.47 Å².